The van der Waals surface area contributed by atoms with Gasteiger partial charge >= 0.3 is 5.97 Å². The van der Waals surface area contributed by atoms with Crippen LogP contribution in [0.4, 0.5) is 0 Å². The van der Waals surface area contributed by atoms with Gasteiger partial charge in [0.2, 0.25) is 5.91 Å². The van der Waals surface area contributed by atoms with Crippen molar-refractivity contribution in [2.75, 3.05) is 20.3 Å². The Labute approximate surface area is 110 Å². The van der Waals surface area contributed by atoms with Gasteiger partial charge in [0.05, 0.1) is 12.3 Å². The second kappa shape index (κ2) is 7.47. The number of rotatable bonds is 8. The minimum Gasteiger partial charge on any atom is -0.476 e. The second-order valence-electron chi connectivity index (χ2n) is 3.94. The molecule has 0 aliphatic heterocycles. The number of carbonyl (C=O) groups is 2. The molecular formula is C11H18N4O4. The van der Waals surface area contributed by atoms with Crippen molar-refractivity contribution in [1.82, 2.24) is 20.3 Å². The summed E-state index contributed by atoms with van der Waals surface area (Å²) in [6.45, 7) is 2.70. The number of amides is 1. The van der Waals surface area contributed by atoms with Gasteiger partial charge in [-0.15, -0.1) is 5.10 Å². The average Bonchev–Trinajstić information content (AvgIpc) is 2.73. The number of hydrogen-bond donors (Lipinski definition) is 2. The number of carboxylic acid groups (broad SMARTS) is 1. The zero-order valence-electron chi connectivity index (χ0n) is 11.0. The summed E-state index contributed by atoms with van der Waals surface area (Å²) in [7, 11) is 1.54. The maximum Gasteiger partial charge on any atom is 0.358 e. The van der Waals surface area contributed by atoms with E-state index in [4.69, 9.17) is 9.84 Å². The van der Waals surface area contributed by atoms with E-state index in [1.807, 2.05) is 6.92 Å². The SMILES string of the molecule is CCCc1c(C(=O)O)nnn1CC(=O)NCCOC. The number of nitrogens with one attached hydrogen (secondary N) is 1. The standard InChI is InChI=1S/C11H18N4O4/c1-3-4-8-10(11(17)18)13-14-15(8)7-9(16)12-5-6-19-2/h3-7H2,1-2H3,(H,12,16)(H,17,18). The summed E-state index contributed by atoms with van der Waals surface area (Å²) in [5.41, 5.74) is 0.378. The molecule has 8 heteroatoms. The molecule has 0 radical (unpaired) electrons. The number of nitrogens with zero attached hydrogens (tertiary/aromatic N) is 3. The maximum atomic E-state index is 11.6. The van der Waals surface area contributed by atoms with Gasteiger partial charge in [-0.25, -0.2) is 9.48 Å². The maximum absolute atomic E-state index is 11.6. The van der Waals surface area contributed by atoms with Crippen LogP contribution >= 0.6 is 0 Å². The largest absolute Gasteiger partial charge is 0.476 e. The molecule has 1 aromatic heterocycles. The van der Waals surface area contributed by atoms with Crippen LogP contribution in [0.2, 0.25) is 0 Å². The zero-order valence-corrected chi connectivity index (χ0v) is 11.0. The van der Waals surface area contributed by atoms with E-state index in [1.165, 1.54) is 4.68 Å². The van der Waals surface area contributed by atoms with Crippen molar-refractivity contribution in [3.8, 4) is 0 Å². The third-order valence-electron chi connectivity index (χ3n) is 2.45. The molecule has 8 nitrogen and oxygen atoms in total. The second-order valence-corrected chi connectivity index (χ2v) is 3.94. The molecule has 106 valence electrons. The highest BCUT2D eigenvalue weighted by atomic mass is 16.5. The Bertz CT molecular complexity index is 444. The van der Waals surface area contributed by atoms with Gasteiger partial charge in [-0.1, -0.05) is 18.6 Å². The minimum atomic E-state index is -1.13. The first kappa shape index (κ1) is 15.1. The van der Waals surface area contributed by atoms with Crippen LogP contribution in [0.15, 0.2) is 0 Å². The van der Waals surface area contributed by atoms with Crippen molar-refractivity contribution in [1.29, 1.82) is 0 Å². The summed E-state index contributed by atoms with van der Waals surface area (Å²) in [6.07, 6.45) is 1.26. The van der Waals surface area contributed by atoms with Crippen LogP contribution in [0.5, 0.6) is 0 Å². The number of methoxy groups -OCH3 is 1. The molecule has 19 heavy (non-hydrogen) atoms. The zero-order chi connectivity index (χ0) is 14.3. The Kier molecular flexibility index (Phi) is 5.94. The van der Waals surface area contributed by atoms with Crippen LogP contribution in [0, 0.1) is 0 Å². The summed E-state index contributed by atoms with van der Waals surface area (Å²) < 4.78 is 6.14. The predicted octanol–water partition coefficient (Wildman–Crippen LogP) is -0.309. The first-order valence-corrected chi connectivity index (χ1v) is 6.01. The molecule has 0 spiro atoms. The van der Waals surface area contributed by atoms with Crippen LogP contribution in [0.1, 0.15) is 29.5 Å². The van der Waals surface area contributed by atoms with Gasteiger partial charge in [-0.05, 0) is 6.42 Å². The Balaban J connectivity index is 2.72. The number of aromatic nitrogens is 3. The molecule has 1 aromatic rings. The molecule has 0 aliphatic rings. The van der Waals surface area contributed by atoms with Crippen molar-refractivity contribution in [2.45, 2.75) is 26.3 Å². The van der Waals surface area contributed by atoms with Gasteiger partial charge in [0.15, 0.2) is 5.69 Å². The first-order valence-electron chi connectivity index (χ1n) is 6.01. The van der Waals surface area contributed by atoms with Crippen molar-refractivity contribution >= 4 is 11.9 Å². The van der Waals surface area contributed by atoms with Crippen molar-refractivity contribution in [3.05, 3.63) is 11.4 Å². The van der Waals surface area contributed by atoms with Crippen molar-refractivity contribution in [2.24, 2.45) is 0 Å². The van der Waals surface area contributed by atoms with Gasteiger partial charge < -0.3 is 15.2 Å². The van der Waals surface area contributed by atoms with Gasteiger partial charge in [-0.2, -0.15) is 0 Å². The van der Waals surface area contributed by atoms with Gasteiger partial charge in [0.25, 0.3) is 0 Å². The van der Waals surface area contributed by atoms with E-state index >= 15 is 0 Å². The third kappa shape index (κ3) is 4.32. The lowest BCUT2D eigenvalue weighted by Crippen LogP contribution is -2.31. The first-order chi connectivity index (χ1) is 9.10. The van der Waals surface area contributed by atoms with Crippen LogP contribution in [-0.2, 0) is 22.5 Å². The fraction of sp³-hybridized carbons (Fsp3) is 0.636. The molecule has 0 fully saturated rings. The molecule has 0 saturated carbocycles. The predicted molar refractivity (Wildman–Crippen MR) is 65.9 cm³/mol. The topological polar surface area (TPSA) is 106 Å². The summed E-state index contributed by atoms with van der Waals surface area (Å²) in [6, 6.07) is 0. The van der Waals surface area contributed by atoms with Crippen LogP contribution in [-0.4, -0.2) is 52.2 Å². The number of carbonyl (C=O) groups excluding carboxylic acids is 1. The van der Waals surface area contributed by atoms with Crippen LogP contribution < -0.4 is 5.32 Å². The lowest BCUT2D eigenvalue weighted by Gasteiger charge is -2.07. The molecule has 1 rings (SSSR count). The number of ether oxygens (including phenoxy) is 1. The van der Waals surface area contributed by atoms with Crippen LogP contribution in [0.25, 0.3) is 0 Å². The summed E-state index contributed by atoms with van der Waals surface area (Å²) in [4.78, 5) is 22.6. The van der Waals surface area contributed by atoms with Crippen molar-refractivity contribution < 1.29 is 19.4 Å². The smallest absolute Gasteiger partial charge is 0.358 e. The highest BCUT2D eigenvalue weighted by Gasteiger charge is 2.19. The summed E-state index contributed by atoms with van der Waals surface area (Å²) >= 11 is 0. The fourth-order valence-electron chi connectivity index (χ4n) is 1.59. The highest BCUT2D eigenvalue weighted by Crippen LogP contribution is 2.08. The quantitative estimate of drug-likeness (QED) is 0.628. The number of carboxylic acids is 1. The van der Waals surface area contributed by atoms with E-state index in [1.54, 1.807) is 7.11 Å². The Morgan fingerprint density at radius 2 is 2.21 bits per heavy atom. The van der Waals surface area contributed by atoms with E-state index in [0.717, 1.165) is 6.42 Å². The minimum absolute atomic E-state index is 0.0423. The van der Waals surface area contributed by atoms with E-state index < -0.39 is 5.97 Å². The summed E-state index contributed by atoms with van der Waals surface area (Å²) in [5, 5.41) is 18.9. The fourth-order valence-corrected chi connectivity index (χ4v) is 1.59. The third-order valence-corrected chi connectivity index (χ3v) is 2.45. The number of hydrogen-bond acceptors (Lipinski definition) is 5. The normalized spacial score (nSPS) is 10.4. The molecular weight excluding hydrogens is 252 g/mol. The van der Waals surface area contributed by atoms with E-state index in [9.17, 15) is 9.59 Å². The van der Waals surface area contributed by atoms with E-state index in [0.29, 0.717) is 25.3 Å². The highest BCUT2D eigenvalue weighted by molar-refractivity contribution is 5.86. The Hall–Kier alpha value is -1.96. The molecule has 0 unspecified atom stereocenters. The van der Waals surface area contributed by atoms with E-state index in [2.05, 4.69) is 15.6 Å². The lowest BCUT2D eigenvalue weighted by atomic mass is 10.2. The lowest BCUT2D eigenvalue weighted by molar-refractivity contribution is -0.122. The van der Waals surface area contributed by atoms with Gasteiger partial charge in [0.1, 0.15) is 6.54 Å². The molecule has 0 aliphatic carbocycles. The Morgan fingerprint density at radius 3 is 2.79 bits per heavy atom. The van der Waals surface area contributed by atoms with Gasteiger partial charge in [0, 0.05) is 13.7 Å². The van der Waals surface area contributed by atoms with Crippen molar-refractivity contribution in [3.63, 3.8) is 0 Å². The Morgan fingerprint density at radius 1 is 1.47 bits per heavy atom. The van der Waals surface area contributed by atoms with E-state index in [-0.39, 0.29) is 18.1 Å². The molecule has 2 N–H and O–H groups in total. The molecule has 1 amide bonds. The molecule has 0 atom stereocenters. The number of aromatic carboxylic acids is 1. The average molecular weight is 270 g/mol. The molecule has 0 aromatic carbocycles. The monoisotopic (exact) mass is 270 g/mol. The molecule has 0 bridgehead atoms. The molecule has 0 saturated heterocycles. The summed E-state index contributed by atoms with van der Waals surface area (Å²) in [5.74, 6) is -1.38. The van der Waals surface area contributed by atoms with Gasteiger partial charge in [-0.3, -0.25) is 4.79 Å². The molecule has 1 heterocycles. The van der Waals surface area contributed by atoms with Crippen LogP contribution in [0.3, 0.4) is 0 Å².